The molecule has 1 aromatic rings. The number of para-hydroxylation sites is 1. The molecule has 1 aromatic carbocycles. The second kappa shape index (κ2) is 4.20. The fourth-order valence-electron chi connectivity index (χ4n) is 2.71. The Kier molecular flexibility index (Phi) is 2.68. The van der Waals surface area contributed by atoms with Crippen LogP contribution in [0.5, 0.6) is 11.5 Å². The van der Waals surface area contributed by atoms with Gasteiger partial charge in [-0.15, -0.1) is 0 Å². The zero-order chi connectivity index (χ0) is 11.8. The number of benzene rings is 1. The van der Waals surface area contributed by atoms with Crippen LogP contribution in [-0.2, 0) is 4.74 Å². The van der Waals surface area contributed by atoms with Gasteiger partial charge in [-0.25, -0.2) is 0 Å². The molecule has 3 rings (SSSR count). The van der Waals surface area contributed by atoms with Crippen molar-refractivity contribution in [2.45, 2.75) is 18.6 Å². The summed E-state index contributed by atoms with van der Waals surface area (Å²) in [5.41, 5.74) is 0.971. The summed E-state index contributed by atoms with van der Waals surface area (Å²) in [5, 5.41) is 9.84. The number of phenolic OH excluding ortho intramolecular Hbond substituents is 1. The number of nitrogens with zero attached hydrogens (tertiary/aromatic N) is 1. The van der Waals surface area contributed by atoms with E-state index < -0.39 is 0 Å². The first-order valence-electron chi connectivity index (χ1n) is 6.04. The van der Waals surface area contributed by atoms with Crippen LogP contribution in [-0.4, -0.2) is 42.9 Å². The van der Waals surface area contributed by atoms with E-state index in [1.807, 2.05) is 12.1 Å². The van der Waals surface area contributed by atoms with E-state index in [9.17, 15) is 5.11 Å². The minimum absolute atomic E-state index is 0.0124. The SMILES string of the molecule is CN1CCO[C@H]2c3cccc(O)c3OCC[C@@H]21. The number of morpholine rings is 1. The number of rotatable bonds is 0. The smallest absolute Gasteiger partial charge is 0.166 e. The number of likely N-dealkylation sites (N-methyl/N-ethyl adjacent to an activating group) is 1. The highest BCUT2D eigenvalue weighted by Crippen LogP contribution is 2.41. The lowest BCUT2D eigenvalue weighted by atomic mass is 9.97. The van der Waals surface area contributed by atoms with Crippen molar-refractivity contribution in [1.82, 2.24) is 4.90 Å². The molecule has 2 atom stereocenters. The van der Waals surface area contributed by atoms with E-state index in [0.717, 1.165) is 25.1 Å². The normalized spacial score (nSPS) is 28.8. The van der Waals surface area contributed by atoms with E-state index in [4.69, 9.17) is 9.47 Å². The molecule has 0 unspecified atom stereocenters. The molecule has 2 aliphatic rings. The van der Waals surface area contributed by atoms with Crippen molar-refractivity contribution >= 4 is 0 Å². The van der Waals surface area contributed by atoms with Gasteiger partial charge in [0.05, 0.1) is 13.2 Å². The summed E-state index contributed by atoms with van der Waals surface area (Å²) in [4.78, 5) is 2.32. The third kappa shape index (κ3) is 1.77. The standard InChI is InChI=1S/C13H17NO3/c1-14-6-8-17-12-9-3-2-4-11(15)13(9)16-7-5-10(12)14/h2-4,10,12,15H,5-8H2,1H3/t10-,12-/m0/s1. The lowest BCUT2D eigenvalue weighted by Crippen LogP contribution is -2.44. The average Bonchev–Trinajstić information content (AvgIpc) is 2.51. The van der Waals surface area contributed by atoms with Crippen LogP contribution in [0.4, 0.5) is 0 Å². The number of fused-ring (bicyclic) bond motifs is 3. The second-order valence-corrected chi connectivity index (χ2v) is 4.67. The lowest BCUT2D eigenvalue weighted by Gasteiger charge is -2.38. The van der Waals surface area contributed by atoms with Crippen LogP contribution in [0.3, 0.4) is 0 Å². The first-order valence-corrected chi connectivity index (χ1v) is 6.04. The van der Waals surface area contributed by atoms with Gasteiger partial charge in [-0.2, -0.15) is 0 Å². The van der Waals surface area contributed by atoms with Gasteiger partial charge in [0.2, 0.25) is 0 Å². The van der Waals surface area contributed by atoms with Gasteiger partial charge in [-0.3, -0.25) is 4.90 Å². The minimum atomic E-state index is 0.0124. The highest BCUT2D eigenvalue weighted by molar-refractivity contribution is 5.47. The van der Waals surface area contributed by atoms with Crippen LogP contribution < -0.4 is 4.74 Å². The Balaban J connectivity index is 2.04. The average molecular weight is 235 g/mol. The monoisotopic (exact) mass is 235 g/mol. The van der Waals surface area contributed by atoms with Gasteiger partial charge in [0.1, 0.15) is 6.10 Å². The van der Waals surface area contributed by atoms with Gasteiger partial charge in [0.15, 0.2) is 11.5 Å². The Morgan fingerprint density at radius 2 is 2.24 bits per heavy atom. The molecule has 0 amide bonds. The molecular formula is C13H17NO3. The molecule has 17 heavy (non-hydrogen) atoms. The Labute approximate surface area is 101 Å². The molecule has 1 fully saturated rings. The van der Waals surface area contributed by atoms with E-state index in [0.29, 0.717) is 18.4 Å². The van der Waals surface area contributed by atoms with Crippen LogP contribution in [0, 0.1) is 0 Å². The molecule has 0 aromatic heterocycles. The van der Waals surface area contributed by atoms with Crippen LogP contribution >= 0.6 is 0 Å². The molecular weight excluding hydrogens is 218 g/mol. The van der Waals surface area contributed by atoms with Crippen LogP contribution in [0.1, 0.15) is 18.1 Å². The van der Waals surface area contributed by atoms with Crippen molar-refractivity contribution in [1.29, 1.82) is 0 Å². The molecule has 4 nitrogen and oxygen atoms in total. The number of hydrogen-bond donors (Lipinski definition) is 1. The molecule has 0 radical (unpaired) electrons. The zero-order valence-corrected chi connectivity index (χ0v) is 9.93. The minimum Gasteiger partial charge on any atom is -0.504 e. The Morgan fingerprint density at radius 1 is 1.35 bits per heavy atom. The van der Waals surface area contributed by atoms with E-state index in [2.05, 4.69) is 11.9 Å². The molecule has 0 spiro atoms. The molecule has 2 aliphatic heterocycles. The van der Waals surface area contributed by atoms with E-state index >= 15 is 0 Å². The number of ether oxygens (including phenoxy) is 2. The fraction of sp³-hybridized carbons (Fsp3) is 0.538. The second-order valence-electron chi connectivity index (χ2n) is 4.67. The van der Waals surface area contributed by atoms with Crippen molar-refractivity contribution in [3.8, 4) is 11.5 Å². The molecule has 0 bridgehead atoms. The maximum atomic E-state index is 9.84. The first-order chi connectivity index (χ1) is 8.27. The lowest BCUT2D eigenvalue weighted by molar-refractivity contribution is -0.0644. The summed E-state index contributed by atoms with van der Waals surface area (Å²) < 4.78 is 11.5. The van der Waals surface area contributed by atoms with Crippen molar-refractivity contribution in [3.05, 3.63) is 23.8 Å². The quantitative estimate of drug-likeness (QED) is 0.740. The van der Waals surface area contributed by atoms with Crippen LogP contribution in [0.2, 0.25) is 0 Å². The molecule has 0 aliphatic carbocycles. The highest BCUT2D eigenvalue weighted by atomic mass is 16.5. The number of aromatic hydroxyl groups is 1. The van der Waals surface area contributed by atoms with Crippen molar-refractivity contribution < 1.29 is 14.6 Å². The summed E-state index contributed by atoms with van der Waals surface area (Å²) >= 11 is 0. The molecule has 1 N–H and O–H groups in total. The molecule has 1 saturated heterocycles. The maximum absolute atomic E-state index is 9.84. The summed E-state index contributed by atoms with van der Waals surface area (Å²) in [5.74, 6) is 0.801. The third-order valence-corrected chi connectivity index (χ3v) is 3.65. The van der Waals surface area contributed by atoms with Gasteiger partial charge >= 0.3 is 0 Å². The van der Waals surface area contributed by atoms with Gasteiger partial charge in [-0.1, -0.05) is 12.1 Å². The first kappa shape index (κ1) is 10.9. The Bertz CT molecular complexity index is 421. The fourth-order valence-corrected chi connectivity index (χ4v) is 2.71. The summed E-state index contributed by atoms with van der Waals surface area (Å²) in [7, 11) is 2.12. The molecule has 0 saturated carbocycles. The Morgan fingerprint density at radius 3 is 3.12 bits per heavy atom. The van der Waals surface area contributed by atoms with Crippen LogP contribution in [0.15, 0.2) is 18.2 Å². The number of phenols is 1. The van der Waals surface area contributed by atoms with Crippen molar-refractivity contribution in [2.24, 2.45) is 0 Å². The van der Waals surface area contributed by atoms with Crippen LogP contribution in [0.25, 0.3) is 0 Å². The topological polar surface area (TPSA) is 41.9 Å². The zero-order valence-electron chi connectivity index (χ0n) is 9.93. The van der Waals surface area contributed by atoms with Gasteiger partial charge in [-0.05, 0) is 19.5 Å². The molecule has 92 valence electrons. The third-order valence-electron chi connectivity index (χ3n) is 3.65. The number of hydrogen-bond acceptors (Lipinski definition) is 4. The summed E-state index contributed by atoms with van der Waals surface area (Å²) in [6, 6.07) is 5.83. The van der Waals surface area contributed by atoms with Crippen molar-refractivity contribution in [2.75, 3.05) is 26.8 Å². The predicted molar refractivity (Wildman–Crippen MR) is 63.3 cm³/mol. The van der Waals surface area contributed by atoms with Gasteiger partial charge < -0.3 is 14.6 Å². The Hall–Kier alpha value is -1.26. The van der Waals surface area contributed by atoms with E-state index in [-0.39, 0.29) is 11.9 Å². The van der Waals surface area contributed by atoms with Gasteiger partial charge in [0, 0.05) is 18.2 Å². The van der Waals surface area contributed by atoms with Crippen molar-refractivity contribution in [3.63, 3.8) is 0 Å². The maximum Gasteiger partial charge on any atom is 0.166 e. The summed E-state index contributed by atoms with van der Waals surface area (Å²) in [6.07, 6.45) is 0.938. The molecule has 4 heteroatoms. The van der Waals surface area contributed by atoms with E-state index in [1.54, 1.807) is 6.07 Å². The van der Waals surface area contributed by atoms with Gasteiger partial charge in [0.25, 0.3) is 0 Å². The predicted octanol–water partition coefficient (Wildman–Crippen LogP) is 1.55. The highest BCUT2D eigenvalue weighted by Gasteiger charge is 2.35. The largest absolute Gasteiger partial charge is 0.504 e. The van der Waals surface area contributed by atoms with E-state index in [1.165, 1.54) is 0 Å². The molecule has 2 heterocycles. The summed E-state index contributed by atoms with van der Waals surface area (Å²) in [6.45, 7) is 2.31.